The quantitative estimate of drug-likeness (QED) is 0.542. The summed E-state index contributed by atoms with van der Waals surface area (Å²) in [5.41, 5.74) is 3.75. The zero-order chi connectivity index (χ0) is 24.8. The molecule has 0 aliphatic carbocycles. The van der Waals surface area contributed by atoms with Crippen molar-refractivity contribution in [2.75, 3.05) is 34.8 Å². The third-order valence-electron chi connectivity index (χ3n) is 5.76. The highest BCUT2D eigenvalue weighted by Crippen LogP contribution is 2.33. The maximum absolute atomic E-state index is 13.0. The van der Waals surface area contributed by atoms with Crippen molar-refractivity contribution in [3.63, 3.8) is 0 Å². The van der Waals surface area contributed by atoms with Gasteiger partial charge in [-0.2, -0.15) is 0 Å². The van der Waals surface area contributed by atoms with Crippen LogP contribution in [0.4, 0.5) is 21.9 Å². The fraction of sp³-hybridized carbons (Fsp3) is 0.222. The second-order valence-corrected chi connectivity index (χ2v) is 8.15. The molecule has 0 aromatic heterocycles. The number of nitrogens with one attached hydrogen (secondary N) is 2. The van der Waals surface area contributed by atoms with Crippen LogP contribution in [0.1, 0.15) is 18.1 Å². The summed E-state index contributed by atoms with van der Waals surface area (Å²) < 4.78 is 5.43. The molecule has 0 fully saturated rings. The van der Waals surface area contributed by atoms with E-state index in [0.29, 0.717) is 36.0 Å². The Balaban J connectivity index is 1.45. The van der Waals surface area contributed by atoms with Gasteiger partial charge in [-0.05, 0) is 61.4 Å². The number of ether oxygens (including phenoxy) is 1. The van der Waals surface area contributed by atoms with Gasteiger partial charge in [0.05, 0.1) is 18.0 Å². The van der Waals surface area contributed by atoms with Crippen molar-refractivity contribution in [1.29, 1.82) is 0 Å². The normalized spacial score (nSPS) is 12.7. The Labute approximate surface area is 204 Å². The lowest BCUT2D eigenvalue weighted by atomic mass is 10.1. The van der Waals surface area contributed by atoms with Gasteiger partial charge in [-0.25, -0.2) is 4.79 Å². The van der Waals surface area contributed by atoms with Crippen molar-refractivity contribution >= 4 is 34.9 Å². The monoisotopic (exact) mass is 472 g/mol. The molecule has 2 N–H and O–H groups in total. The van der Waals surface area contributed by atoms with E-state index in [1.165, 1.54) is 9.80 Å². The zero-order valence-corrected chi connectivity index (χ0v) is 19.8. The Morgan fingerprint density at radius 2 is 1.63 bits per heavy atom. The van der Waals surface area contributed by atoms with E-state index >= 15 is 0 Å². The highest BCUT2D eigenvalue weighted by atomic mass is 16.5. The van der Waals surface area contributed by atoms with Gasteiger partial charge in [-0.1, -0.05) is 36.4 Å². The number of fused-ring (bicyclic) bond motifs is 1. The number of hydrogen-bond acceptors (Lipinski definition) is 4. The van der Waals surface area contributed by atoms with Crippen LogP contribution in [0.25, 0.3) is 0 Å². The molecule has 1 heterocycles. The molecule has 8 nitrogen and oxygen atoms in total. The predicted octanol–water partition coefficient (Wildman–Crippen LogP) is 4.10. The van der Waals surface area contributed by atoms with Crippen LogP contribution in [-0.4, -0.2) is 37.5 Å². The number of carbonyl (C=O) groups is 3. The van der Waals surface area contributed by atoms with Crippen molar-refractivity contribution < 1.29 is 19.1 Å². The molecule has 1 aliphatic heterocycles. The van der Waals surface area contributed by atoms with Crippen molar-refractivity contribution in [3.8, 4) is 5.75 Å². The first-order valence-electron chi connectivity index (χ1n) is 11.5. The number of carbonyl (C=O) groups excluding carboxylic acids is 3. The van der Waals surface area contributed by atoms with Gasteiger partial charge in [0.1, 0.15) is 18.8 Å². The minimum atomic E-state index is -0.432. The van der Waals surface area contributed by atoms with E-state index in [4.69, 9.17) is 4.74 Å². The average Bonchev–Trinajstić information content (AvgIpc) is 2.86. The van der Waals surface area contributed by atoms with Gasteiger partial charge in [0.2, 0.25) is 11.8 Å². The summed E-state index contributed by atoms with van der Waals surface area (Å²) in [4.78, 5) is 41.5. The number of nitrogens with zero attached hydrogens (tertiary/aromatic N) is 2. The third kappa shape index (κ3) is 5.60. The fourth-order valence-corrected chi connectivity index (χ4v) is 3.91. The van der Waals surface area contributed by atoms with Gasteiger partial charge in [0, 0.05) is 12.2 Å². The average molecular weight is 473 g/mol. The molecule has 0 saturated carbocycles. The molecule has 180 valence electrons. The summed E-state index contributed by atoms with van der Waals surface area (Å²) in [6.45, 7) is 4.52. The van der Waals surface area contributed by atoms with Crippen molar-refractivity contribution in [2.45, 2.75) is 20.4 Å². The minimum absolute atomic E-state index is 0.129. The van der Waals surface area contributed by atoms with Gasteiger partial charge in [0.15, 0.2) is 0 Å². The number of urea groups is 1. The van der Waals surface area contributed by atoms with Gasteiger partial charge in [-0.15, -0.1) is 0 Å². The molecule has 3 aromatic rings. The Morgan fingerprint density at radius 1 is 0.943 bits per heavy atom. The molecule has 3 aromatic carbocycles. The first-order valence-corrected chi connectivity index (χ1v) is 11.5. The van der Waals surface area contributed by atoms with Gasteiger partial charge >= 0.3 is 6.03 Å². The summed E-state index contributed by atoms with van der Waals surface area (Å²) >= 11 is 0. The van der Waals surface area contributed by atoms with E-state index in [1.807, 2.05) is 38.1 Å². The molecule has 35 heavy (non-hydrogen) atoms. The molecular weight excluding hydrogens is 444 g/mol. The fourth-order valence-electron chi connectivity index (χ4n) is 3.91. The number of hydrogen-bond donors (Lipinski definition) is 2. The molecule has 0 bridgehead atoms. The van der Waals surface area contributed by atoms with E-state index in [-0.39, 0.29) is 24.9 Å². The highest BCUT2D eigenvalue weighted by Gasteiger charge is 2.33. The molecule has 1 aliphatic rings. The van der Waals surface area contributed by atoms with Crippen LogP contribution < -0.4 is 25.2 Å². The first-order chi connectivity index (χ1) is 17.0. The zero-order valence-electron chi connectivity index (χ0n) is 19.8. The number of aryl methyl sites for hydroxylation is 1. The maximum atomic E-state index is 13.0. The molecular formula is C27H28N4O4. The van der Waals surface area contributed by atoms with Gasteiger partial charge in [0.25, 0.3) is 0 Å². The van der Waals surface area contributed by atoms with E-state index in [2.05, 4.69) is 10.6 Å². The van der Waals surface area contributed by atoms with Crippen LogP contribution in [0.2, 0.25) is 0 Å². The van der Waals surface area contributed by atoms with Gasteiger partial charge < -0.3 is 15.4 Å². The summed E-state index contributed by atoms with van der Waals surface area (Å²) in [5, 5.41) is 5.71. The third-order valence-corrected chi connectivity index (χ3v) is 5.76. The Hall–Kier alpha value is -4.33. The van der Waals surface area contributed by atoms with E-state index in [0.717, 1.165) is 11.1 Å². The predicted molar refractivity (Wildman–Crippen MR) is 136 cm³/mol. The van der Waals surface area contributed by atoms with E-state index < -0.39 is 6.03 Å². The summed E-state index contributed by atoms with van der Waals surface area (Å²) in [5.74, 6) is 0.0978. The number of benzene rings is 3. The van der Waals surface area contributed by atoms with E-state index in [1.54, 1.807) is 48.5 Å². The Morgan fingerprint density at radius 3 is 2.34 bits per heavy atom. The molecule has 0 radical (unpaired) electrons. The Kier molecular flexibility index (Phi) is 7.30. The second kappa shape index (κ2) is 10.7. The maximum Gasteiger partial charge on any atom is 0.326 e. The highest BCUT2D eigenvalue weighted by molar-refractivity contribution is 6.15. The van der Waals surface area contributed by atoms with Crippen LogP contribution >= 0.6 is 0 Å². The summed E-state index contributed by atoms with van der Waals surface area (Å²) in [6.07, 6.45) is 0. The molecule has 0 saturated heterocycles. The molecule has 0 atom stereocenters. The molecule has 0 spiro atoms. The van der Waals surface area contributed by atoms with Crippen LogP contribution in [0.15, 0.2) is 72.8 Å². The molecule has 4 amide bonds. The van der Waals surface area contributed by atoms with Crippen LogP contribution in [0.3, 0.4) is 0 Å². The lowest BCUT2D eigenvalue weighted by molar-refractivity contribution is -0.123. The number of amides is 4. The van der Waals surface area contributed by atoms with E-state index in [9.17, 15) is 14.4 Å². The van der Waals surface area contributed by atoms with Crippen LogP contribution in [-0.2, 0) is 16.1 Å². The topological polar surface area (TPSA) is 91.0 Å². The summed E-state index contributed by atoms with van der Waals surface area (Å²) in [7, 11) is 0. The molecule has 8 heteroatoms. The standard InChI is InChI=1S/C27H28N4O4/c1-3-35-22-14-12-21(13-15-22)29-27(34)31-18-26(33)30(23-10-6-7-11-24(23)31)17-25(32)28-16-20-9-5-4-8-19(20)2/h4-15H,3,16-18H2,1-2H3,(H,28,32)(H,29,34). The summed E-state index contributed by atoms with van der Waals surface area (Å²) in [6, 6.07) is 21.5. The second-order valence-electron chi connectivity index (χ2n) is 8.15. The molecule has 4 rings (SSSR count). The largest absolute Gasteiger partial charge is 0.494 e. The van der Waals surface area contributed by atoms with Crippen molar-refractivity contribution in [1.82, 2.24) is 5.32 Å². The number of rotatable bonds is 7. The van der Waals surface area contributed by atoms with Crippen LogP contribution in [0, 0.1) is 6.92 Å². The lowest BCUT2D eigenvalue weighted by Crippen LogP contribution is -2.52. The van der Waals surface area contributed by atoms with Crippen molar-refractivity contribution in [2.24, 2.45) is 0 Å². The van der Waals surface area contributed by atoms with Gasteiger partial charge in [-0.3, -0.25) is 19.4 Å². The Bertz CT molecular complexity index is 1230. The molecule has 0 unspecified atom stereocenters. The number of anilines is 3. The lowest BCUT2D eigenvalue weighted by Gasteiger charge is -2.35. The minimum Gasteiger partial charge on any atom is -0.494 e. The first kappa shape index (κ1) is 23.8. The van der Waals surface area contributed by atoms with Crippen molar-refractivity contribution in [3.05, 3.63) is 83.9 Å². The van der Waals surface area contributed by atoms with Crippen LogP contribution in [0.5, 0.6) is 5.75 Å². The SMILES string of the molecule is CCOc1ccc(NC(=O)N2CC(=O)N(CC(=O)NCc3ccccc3C)c3ccccc32)cc1. The number of para-hydroxylation sites is 2. The smallest absolute Gasteiger partial charge is 0.326 e.